The minimum Gasteiger partial charge on any atom is -0.496 e. The first-order chi connectivity index (χ1) is 34.5. The molecule has 4 aliphatic heterocycles. The van der Waals surface area contributed by atoms with Crippen molar-refractivity contribution >= 4 is 40.8 Å². The smallest absolute Gasteiger partial charge is 0.344 e. The van der Waals surface area contributed by atoms with Crippen LogP contribution in [0.25, 0.3) is 10.9 Å². The van der Waals surface area contributed by atoms with Crippen molar-refractivity contribution in [2.75, 3.05) is 59.5 Å². The number of nitrogens with zero attached hydrogens (tertiary/aromatic N) is 2. The predicted molar refractivity (Wildman–Crippen MR) is 272 cm³/mol. The molecule has 3 fully saturated rings. The zero-order chi connectivity index (χ0) is 51.4. The number of carbonyl (C=O) groups excluding carboxylic acids is 4. The van der Waals surface area contributed by atoms with Crippen LogP contribution in [0.3, 0.4) is 0 Å². The number of aldehydes is 1. The lowest BCUT2D eigenvalue weighted by Gasteiger charge is -2.63. The fraction of sp³-hybridized carbons (Fsp3) is 0.544. The minimum absolute atomic E-state index is 0.115. The lowest BCUT2D eigenvalue weighted by atomic mass is 9.47. The number of hydrogen-bond acceptors (Lipinski definition) is 14. The van der Waals surface area contributed by atoms with E-state index in [-0.39, 0.29) is 18.9 Å². The maximum absolute atomic E-state index is 15.8. The van der Waals surface area contributed by atoms with E-state index in [9.17, 15) is 19.5 Å². The highest BCUT2D eigenvalue weighted by Crippen LogP contribution is 2.68. The van der Waals surface area contributed by atoms with Gasteiger partial charge in [0.2, 0.25) is 5.60 Å². The highest BCUT2D eigenvalue weighted by Gasteiger charge is 2.80. The van der Waals surface area contributed by atoms with Gasteiger partial charge in [0, 0.05) is 83.8 Å². The van der Waals surface area contributed by atoms with Gasteiger partial charge in [-0.3, -0.25) is 14.5 Å². The molecule has 1 aliphatic carbocycles. The Morgan fingerprint density at radius 2 is 1.76 bits per heavy atom. The van der Waals surface area contributed by atoms with Gasteiger partial charge in [-0.15, -0.1) is 0 Å². The fourth-order valence-corrected chi connectivity index (χ4v) is 14.2. The molecule has 2 saturated heterocycles. The number of aliphatic hydroxyl groups is 1. The summed E-state index contributed by atoms with van der Waals surface area (Å²) in [4.78, 5) is 65.1. The van der Waals surface area contributed by atoms with Gasteiger partial charge in [0.05, 0.1) is 39.6 Å². The SMILES string of the molecule is CC[C@@]1(C[C@H](C=O)CC[C@](C(=O)OC)(c2cc3c(cc2OC)N(C)[C@H]2[C@@](O)(C(=O)OC)[C@H](OC(C)=O)[C@]4(CC)C=CCN5CC[C@]32[C@@H]54)c2[nH]c3ccccc3c2CCNCc2ccccc2)COC(C)(C)O1. The first-order valence-corrected chi connectivity index (χ1v) is 25.6. The van der Waals surface area contributed by atoms with Crippen LogP contribution in [0.2, 0.25) is 0 Å². The van der Waals surface area contributed by atoms with E-state index in [1.165, 1.54) is 21.1 Å². The van der Waals surface area contributed by atoms with Crippen LogP contribution in [-0.2, 0) is 66.7 Å². The van der Waals surface area contributed by atoms with E-state index in [1.54, 1.807) is 7.11 Å². The number of likely N-dealkylation sites (N-methyl/N-ethyl adjacent to an activating group) is 1. The molecule has 3 N–H and O–H groups in total. The number of rotatable bonds is 19. The second-order valence-corrected chi connectivity index (χ2v) is 21.2. The first kappa shape index (κ1) is 51.3. The summed E-state index contributed by atoms with van der Waals surface area (Å²) >= 11 is 0. The van der Waals surface area contributed by atoms with Gasteiger partial charge >= 0.3 is 17.9 Å². The van der Waals surface area contributed by atoms with Gasteiger partial charge in [0.1, 0.15) is 17.5 Å². The summed E-state index contributed by atoms with van der Waals surface area (Å²) < 4.78 is 36.9. The largest absolute Gasteiger partial charge is 0.496 e. The average Bonchev–Trinajstić information content (AvgIpc) is 4.12. The van der Waals surface area contributed by atoms with Crippen LogP contribution in [0.1, 0.15) is 101 Å². The number of para-hydroxylation sites is 1. The molecule has 386 valence electrons. The summed E-state index contributed by atoms with van der Waals surface area (Å²) in [5.74, 6) is -3.11. The number of nitrogens with one attached hydrogen (secondary N) is 2. The number of fused-ring (bicyclic) bond motifs is 2. The number of esters is 3. The van der Waals surface area contributed by atoms with Gasteiger partial charge < -0.3 is 53.5 Å². The van der Waals surface area contributed by atoms with Crippen molar-refractivity contribution < 1.29 is 52.7 Å². The van der Waals surface area contributed by atoms with Crippen molar-refractivity contribution in [1.82, 2.24) is 15.2 Å². The third-order valence-corrected chi connectivity index (χ3v) is 17.2. The van der Waals surface area contributed by atoms with Crippen LogP contribution in [0.5, 0.6) is 5.75 Å². The van der Waals surface area contributed by atoms with E-state index < -0.39 is 69.2 Å². The van der Waals surface area contributed by atoms with Crippen LogP contribution in [0.4, 0.5) is 5.69 Å². The van der Waals surface area contributed by atoms with Crippen LogP contribution in [0.15, 0.2) is 78.9 Å². The summed E-state index contributed by atoms with van der Waals surface area (Å²) in [5, 5.41) is 18.1. The van der Waals surface area contributed by atoms with Gasteiger partial charge in [-0.05, 0) is 101 Å². The van der Waals surface area contributed by atoms with Crippen molar-refractivity contribution in [2.24, 2.45) is 11.3 Å². The quantitative estimate of drug-likeness (QED) is 0.0293. The Hall–Kier alpha value is -5.58. The first-order valence-electron chi connectivity index (χ1n) is 25.6. The molecule has 0 radical (unpaired) electrons. The molecule has 0 unspecified atom stereocenters. The number of aromatic nitrogens is 1. The van der Waals surface area contributed by atoms with E-state index in [2.05, 4.69) is 39.5 Å². The molecular formula is C57H72N4O11. The summed E-state index contributed by atoms with van der Waals surface area (Å²) in [6, 6.07) is 20.8. The summed E-state index contributed by atoms with van der Waals surface area (Å²) in [6.07, 6.45) is 6.53. The topological polar surface area (TPSA) is 178 Å². The number of carbonyl (C=O) groups is 4. The zero-order valence-corrected chi connectivity index (χ0v) is 43.3. The molecule has 1 aromatic heterocycles. The van der Waals surface area contributed by atoms with Gasteiger partial charge in [-0.25, -0.2) is 4.79 Å². The molecule has 5 aliphatic rings. The van der Waals surface area contributed by atoms with Crippen LogP contribution in [0, 0.1) is 11.3 Å². The van der Waals surface area contributed by atoms with E-state index >= 15 is 4.79 Å². The Morgan fingerprint density at radius 3 is 2.42 bits per heavy atom. The fourth-order valence-electron chi connectivity index (χ4n) is 14.2. The lowest BCUT2D eigenvalue weighted by molar-refractivity contribution is -0.228. The lowest BCUT2D eigenvalue weighted by Crippen LogP contribution is -2.81. The average molecular weight is 989 g/mol. The molecule has 5 heterocycles. The molecule has 0 bridgehead atoms. The van der Waals surface area contributed by atoms with E-state index in [1.807, 2.05) is 94.3 Å². The summed E-state index contributed by atoms with van der Waals surface area (Å²) in [7, 11) is 6.05. The zero-order valence-electron chi connectivity index (χ0n) is 43.3. The molecule has 1 saturated carbocycles. The maximum atomic E-state index is 15.8. The summed E-state index contributed by atoms with van der Waals surface area (Å²) in [5.41, 5.74) is -1.27. The second kappa shape index (κ2) is 19.4. The Bertz CT molecular complexity index is 2740. The van der Waals surface area contributed by atoms with Crippen LogP contribution in [-0.4, -0.2) is 129 Å². The van der Waals surface area contributed by atoms with Gasteiger partial charge in [0.25, 0.3) is 0 Å². The van der Waals surface area contributed by atoms with Crippen molar-refractivity contribution in [3.63, 3.8) is 0 Å². The normalized spacial score (nSPS) is 29.2. The monoisotopic (exact) mass is 989 g/mol. The molecule has 1 spiro atoms. The van der Waals surface area contributed by atoms with Gasteiger partial charge in [-0.1, -0.05) is 74.5 Å². The highest BCUT2D eigenvalue weighted by molar-refractivity contribution is 5.95. The molecule has 4 aromatic rings. The minimum atomic E-state index is -2.37. The number of ether oxygens (including phenoxy) is 6. The Labute approximate surface area is 422 Å². The van der Waals surface area contributed by atoms with Gasteiger partial charge in [0.15, 0.2) is 11.9 Å². The molecular weight excluding hydrogens is 917 g/mol. The standard InChI is InChI=1S/C57H72N4O11/c1-10-53(35-70-52(4,5)72-53)32-38(34-62)22-25-55(50(64)68-8,46-40(39-20-15-16-21-43(39)59-46)23-27-58-33-37-18-13-12-14-19-37)42-30-41-44(31-45(42)67-7)60(6)48-56(41)26-29-61-28-17-24-54(11-2,47(56)61)49(71-36(3)63)57(48,66)51(65)69-9/h12-21,24,30-31,34,38,47-49,58-59,66H,10-11,22-23,25-29,32-33,35H2,1-9H3/t38-,47+,48-,49-,53-,54-,55+,56-,57+/m1/s1. The maximum Gasteiger partial charge on any atom is 0.344 e. The molecule has 9 atom stereocenters. The van der Waals surface area contributed by atoms with E-state index in [0.717, 1.165) is 33.9 Å². The third-order valence-electron chi connectivity index (χ3n) is 17.2. The molecule has 3 aromatic carbocycles. The highest BCUT2D eigenvalue weighted by atomic mass is 16.8. The van der Waals surface area contributed by atoms with Crippen molar-refractivity contribution in [3.8, 4) is 5.75 Å². The van der Waals surface area contributed by atoms with Crippen LogP contribution < -0.4 is 15.0 Å². The molecule has 15 nitrogen and oxygen atoms in total. The Balaban J connectivity index is 1.28. The Morgan fingerprint density at radius 1 is 1.01 bits per heavy atom. The van der Waals surface area contributed by atoms with Crippen molar-refractivity contribution in [3.05, 3.63) is 107 Å². The number of hydrogen-bond donors (Lipinski definition) is 3. The number of benzene rings is 3. The van der Waals surface area contributed by atoms with Crippen LogP contribution >= 0.6 is 0 Å². The summed E-state index contributed by atoms with van der Waals surface area (Å²) in [6.45, 7) is 11.8. The predicted octanol–water partition coefficient (Wildman–Crippen LogP) is 6.83. The molecule has 0 amide bonds. The van der Waals surface area contributed by atoms with Gasteiger partial charge in [-0.2, -0.15) is 0 Å². The van der Waals surface area contributed by atoms with E-state index in [0.29, 0.717) is 87.6 Å². The third kappa shape index (κ3) is 7.87. The van der Waals surface area contributed by atoms with Crippen molar-refractivity contribution in [1.29, 1.82) is 0 Å². The van der Waals surface area contributed by atoms with E-state index in [4.69, 9.17) is 28.4 Å². The number of methoxy groups -OCH3 is 3. The Kier molecular flexibility index (Phi) is 13.8. The molecule has 9 rings (SSSR count). The molecule has 72 heavy (non-hydrogen) atoms. The molecule has 15 heteroatoms. The van der Waals surface area contributed by atoms with Crippen molar-refractivity contribution in [2.45, 2.75) is 132 Å². The second-order valence-electron chi connectivity index (χ2n) is 21.2. The number of aromatic amines is 1. The number of H-pyrrole nitrogens is 1. The number of anilines is 1.